The zero-order chi connectivity index (χ0) is 20.2. The maximum Gasteiger partial charge on any atom is 0.251 e. The van der Waals surface area contributed by atoms with E-state index >= 15 is 0 Å². The summed E-state index contributed by atoms with van der Waals surface area (Å²) in [7, 11) is 1.60. The highest BCUT2D eigenvalue weighted by molar-refractivity contribution is 5.80. The highest BCUT2D eigenvalue weighted by atomic mass is 16.5. The van der Waals surface area contributed by atoms with Gasteiger partial charge in [0.15, 0.2) is 0 Å². The van der Waals surface area contributed by atoms with Gasteiger partial charge >= 0.3 is 0 Å². The molecule has 1 saturated heterocycles. The van der Waals surface area contributed by atoms with Crippen LogP contribution in [0.2, 0.25) is 0 Å². The molecule has 0 spiro atoms. The fraction of sp³-hybridized carbons (Fsp3) is 0.273. The standard InChI is InChI=1S/C22H22N4O3/c1-29-19-7-3-2-5-16(19)13-21(28)26-12-4-6-18(26)22-24-17(14-20(27)25-22)15-8-10-23-11-9-15/h2-3,5,7-11,14,18H,4,6,12-13H2,1H3,(H,24,25,27)/t18-/m1/s1. The molecule has 4 rings (SSSR count). The third-order valence-corrected chi connectivity index (χ3v) is 5.16. The van der Waals surface area contributed by atoms with E-state index in [1.807, 2.05) is 36.4 Å². The largest absolute Gasteiger partial charge is 0.496 e. The van der Waals surface area contributed by atoms with E-state index in [4.69, 9.17) is 4.74 Å². The lowest BCUT2D eigenvalue weighted by Crippen LogP contribution is -2.33. The minimum atomic E-state index is -0.244. The number of hydrogen-bond donors (Lipinski definition) is 1. The van der Waals surface area contributed by atoms with Crippen LogP contribution < -0.4 is 10.3 Å². The molecular formula is C22H22N4O3. The Kier molecular flexibility index (Phi) is 5.37. The average molecular weight is 390 g/mol. The minimum Gasteiger partial charge on any atom is -0.496 e. The Labute approximate surface area is 168 Å². The van der Waals surface area contributed by atoms with Gasteiger partial charge in [0.25, 0.3) is 5.56 Å². The maximum absolute atomic E-state index is 13.0. The van der Waals surface area contributed by atoms with Gasteiger partial charge in [0.1, 0.15) is 11.6 Å². The summed E-state index contributed by atoms with van der Waals surface area (Å²) in [5.74, 6) is 1.21. The second-order valence-electron chi connectivity index (χ2n) is 6.99. The first-order valence-electron chi connectivity index (χ1n) is 9.59. The number of likely N-dealkylation sites (tertiary alicyclic amines) is 1. The van der Waals surface area contributed by atoms with Crippen LogP contribution in [-0.2, 0) is 11.2 Å². The number of amides is 1. The van der Waals surface area contributed by atoms with E-state index in [-0.39, 0.29) is 23.9 Å². The summed E-state index contributed by atoms with van der Waals surface area (Å²) in [6.07, 6.45) is 5.20. The number of H-pyrrole nitrogens is 1. The van der Waals surface area contributed by atoms with Crippen molar-refractivity contribution in [2.75, 3.05) is 13.7 Å². The lowest BCUT2D eigenvalue weighted by Gasteiger charge is -2.24. The van der Waals surface area contributed by atoms with Crippen LogP contribution >= 0.6 is 0 Å². The van der Waals surface area contributed by atoms with Gasteiger partial charge in [-0.1, -0.05) is 18.2 Å². The van der Waals surface area contributed by atoms with Crippen LogP contribution in [0.4, 0.5) is 0 Å². The fourth-order valence-corrected chi connectivity index (χ4v) is 3.77. The van der Waals surface area contributed by atoms with Crippen molar-refractivity contribution in [1.29, 1.82) is 0 Å². The van der Waals surface area contributed by atoms with E-state index in [0.717, 1.165) is 24.0 Å². The number of carbonyl (C=O) groups excluding carboxylic acids is 1. The van der Waals surface area contributed by atoms with Gasteiger partial charge in [-0.3, -0.25) is 14.6 Å². The maximum atomic E-state index is 13.0. The molecule has 2 aromatic heterocycles. The van der Waals surface area contributed by atoms with Crippen molar-refractivity contribution in [2.24, 2.45) is 0 Å². The van der Waals surface area contributed by atoms with Gasteiger partial charge in [-0.15, -0.1) is 0 Å². The van der Waals surface area contributed by atoms with Crippen LogP contribution in [0.5, 0.6) is 5.75 Å². The summed E-state index contributed by atoms with van der Waals surface area (Å²) < 4.78 is 5.37. The molecule has 1 aliphatic rings. The van der Waals surface area contributed by atoms with Crippen molar-refractivity contribution in [3.05, 3.63) is 76.6 Å². The molecule has 7 heteroatoms. The normalized spacial score (nSPS) is 16.0. The third kappa shape index (κ3) is 4.03. The van der Waals surface area contributed by atoms with Crippen molar-refractivity contribution in [3.63, 3.8) is 0 Å². The SMILES string of the molecule is COc1ccccc1CC(=O)N1CCC[C@@H]1c1nc(-c2ccncc2)cc(=O)[nH]1. The van der Waals surface area contributed by atoms with Gasteiger partial charge < -0.3 is 14.6 Å². The molecule has 0 unspecified atom stereocenters. The molecule has 1 amide bonds. The Morgan fingerprint density at radius 2 is 2.03 bits per heavy atom. The highest BCUT2D eigenvalue weighted by Gasteiger charge is 2.32. The van der Waals surface area contributed by atoms with E-state index in [9.17, 15) is 9.59 Å². The molecule has 148 valence electrons. The molecule has 1 aliphatic heterocycles. The number of ether oxygens (including phenoxy) is 1. The molecule has 0 aliphatic carbocycles. The predicted octanol–water partition coefficient (Wildman–Crippen LogP) is 2.75. The van der Waals surface area contributed by atoms with Crippen LogP contribution in [0, 0.1) is 0 Å². The van der Waals surface area contributed by atoms with E-state index < -0.39 is 0 Å². The molecule has 3 aromatic rings. The molecule has 1 fully saturated rings. The monoisotopic (exact) mass is 390 g/mol. The number of benzene rings is 1. The topological polar surface area (TPSA) is 88.2 Å². The Morgan fingerprint density at radius 3 is 2.83 bits per heavy atom. The Balaban J connectivity index is 1.61. The molecule has 1 N–H and O–H groups in total. The molecule has 1 atom stereocenters. The van der Waals surface area contributed by atoms with E-state index in [1.54, 1.807) is 24.4 Å². The van der Waals surface area contributed by atoms with E-state index in [1.165, 1.54) is 6.07 Å². The van der Waals surface area contributed by atoms with Crippen LogP contribution in [-0.4, -0.2) is 39.4 Å². The number of nitrogens with zero attached hydrogens (tertiary/aromatic N) is 3. The number of methoxy groups -OCH3 is 1. The first-order chi connectivity index (χ1) is 14.2. The molecule has 3 heterocycles. The predicted molar refractivity (Wildman–Crippen MR) is 108 cm³/mol. The molecule has 0 radical (unpaired) electrons. The number of aromatic nitrogens is 3. The van der Waals surface area contributed by atoms with Gasteiger partial charge in [-0.2, -0.15) is 0 Å². The van der Waals surface area contributed by atoms with Crippen molar-refractivity contribution < 1.29 is 9.53 Å². The number of pyridine rings is 1. The summed E-state index contributed by atoms with van der Waals surface area (Å²) in [5, 5.41) is 0. The van der Waals surface area contributed by atoms with E-state index in [2.05, 4.69) is 15.0 Å². The number of rotatable bonds is 5. The van der Waals surface area contributed by atoms with Gasteiger partial charge in [0.2, 0.25) is 5.91 Å². The van der Waals surface area contributed by atoms with Gasteiger partial charge in [0, 0.05) is 36.1 Å². The molecule has 0 bridgehead atoms. The van der Waals surface area contributed by atoms with Crippen molar-refractivity contribution >= 4 is 5.91 Å². The van der Waals surface area contributed by atoms with Crippen LogP contribution in [0.25, 0.3) is 11.3 Å². The summed E-state index contributed by atoms with van der Waals surface area (Å²) in [6, 6.07) is 12.4. The Bertz CT molecular complexity index is 1060. The first-order valence-corrected chi connectivity index (χ1v) is 9.59. The van der Waals surface area contributed by atoms with Gasteiger partial charge in [-0.05, 0) is 31.0 Å². The lowest BCUT2D eigenvalue weighted by molar-refractivity contribution is -0.131. The second-order valence-corrected chi connectivity index (χ2v) is 6.99. The zero-order valence-electron chi connectivity index (χ0n) is 16.2. The number of nitrogens with one attached hydrogen (secondary N) is 1. The molecule has 29 heavy (non-hydrogen) atoms. The summed E-state index contributed by atoms with van der Waals surface area (Å²) in [5.41, 5.74) is 2.01. The van der Waals surface area contributed by atoms with Gasteiger partial charge in [-0.25, -0.2) is 4.98 Å². The van der Waals surface area contributed by atoms with Crippen molar-refractivity contribution in [2.45, 2.75) is 25.3 Å². The minimum absolute atomic E-state index is 0.00559. The molecule has 0 saturated carbocycles. The second kappa shape index (κ2) is 8.26. The smallest absolute Gasteiger partial charge is 0.251 e. The quantitative estimate of drug-likeness (QED) is 0.724. The number of aromatic amines is 1. The Hall–Kier alpha value is -3.48. The molecule has 1 aromatic carbocycles. The lowest BCUT2D eigenvalue weighted by atomic mass is 10.1. The summed E-state index contributed by atoms with van der Waals surface area (Å²) in [6.45, 7) is 0.641. The van der Waals surface area contributed by atoms with Crippen LogP contribution in [0.1, 0.15) is 30.3 Å². The van der Waals surface area contributed by atoms with Crippen LogP contribution in [0.15, 0.2) is 59.7 Å². The Morgan fingerprint density at radius 1 is 1.24 bits per heavy atom. The van der Waals surface area contributed by atoms with Crippen molar-refractivity contribution in [3.8, 4) is 17.0 Å². The number of hydrogen-bond acceptors (Lipinski definition) is 5. The van der Waals surface area contributed by atoms with E-state index in [0.29, 0.717) is 23.8 Å². The highest BCUT2D eigenvalue weighted by Crippen LogP contribution is 2.31. The molecular weight excluding hydrogens is 368 g/mol. The van der Waals surface area contributed by atoms with Gasteiger partial charge in [0.05, 0.1) is 25.3 Å². The number of carbonyl (C=O) groups is 1. The number of para-hydroxylation sites is 1. The third-order valence-electron chi connectivity index (χ3n) is 5.16. The fourth-order valence-electron chi connectivity index (χ4n) is 3.77. The van der Waals surface area contributed by atoms with Crippen molar-refractivity contribution in [1.82, 2.24) is 19.9 Å². The average Bonchev–Trinajstić information content (AvgIpc) is 3.24. The molecule has 7 nitrogen and oxygen atoms in total. The summed E-state index contributed by atoms with van der Waals surface area (Å²) in [4.78, 5) is 38.6. The zero-order valence-corrected chi connectivity index (χ0v) is 16.2. The van der Waals surface area contributed by atoms with Crippen LogP contribution in [0.3, 0.4) is 0 Å². The summed E-state index contributed by atoms with van der Waals surface area (Å²) >= 11 is 0. The first kappa shape index (κ1) is 18.9.